The number of rotatable bonds is 7. The second-order valence-corrected chi connectivity index (χ2v) is 9.22. The third kappa shape index (κ3) is 6.09. The number of ether oxygens (including phenoxy) is 1. The first kappa shape index (κ1) is 22.3. The zero-order valence-electron chi connectivity index (χ0n) is 18.9. The van der Waals surface area contributed by atoms with Crippen LogP contribution in [0.5, 0.6) is 11.6 Å². The van der Waals surface area contributed by atoms with Crippen molar-refractivity contribution in [3.05, 3.63) is 48.2 Å². The second-order valence-electron chi connectivity index (χ2n) is 9.22. The number of hydrogen-bond acceptors (Lipinski definition) is 4. The van der Waals surface area contributed by atoms with Gasteiger partial charge >= 0.3 is 0 Å². The Kier molecular flexibility index (Phi) is 7.40. The Morgan fingerprint density at radius 2 is 1.75 bits per heavy atom. The van der Waals surface area contributed by atoms with E-state index in [1.165, 1.54) is 25.7 Å². The highest BCUT2D eigenvalue weighted by Gasteiger charge is 2.21. The van der Waals surface area contributed by atoms with Crippen LogP contribution < -0.4 is 10.1 Å². The van der Waals surface area contributed by atoms with Gasteiger partial charge in [-0.15, -0.1) is 0 Å². The minimum absolute atomic E-state index is 0.0378. The number of pyridine rings is 1. The maximum atomic E-state index is 12.7. The first-order chi connectivity index (χ1) is 15.6. The molecule has 2 heterocycles. The number of hydrogen-bond donors (Lipinski definition) is 1. The van der Waals surface area contributed by atoms with E-state index in [0.717, 1.165) is 32.4 Å². The van der Waals surface area contributed by atoms with Crippen molar-refractivity contribution in [3.8, 4) is 11.6 Å². The van der Waals surface area contributed by atoms with Crippen LogP contribution in [0, 0.1) is 11.8 Å². The van der Waals surface area contributed by atoms with Gasteiger partial charge in [0.05, 0.1) is 11.9 Å². The highest BCUT2D eigenvalue weighted by Crippen LogP contribution is 2.28. The summed E-state index contributed by atoms with van der Waals surface area (Å²) in [5.74, 6) is 2.58. The molecule has 0 unspecified atom stereocenters. The van der Waals surface area contributed by atoms with Gasteiger partial charge in [-0.05, 0) is 61.4 Å². The van der Waals surface area contributed by atoms with E-state index in [2.05, 4.69) is 17.2 Å². The molecule has 2 fully saturated rings. The summed E-state index contributed by atoms with van der Waals surface area (Å²) in [6, 6.07) is 10.7. The molecule has 6 heteroatoms. The van der Waals surface area contributed by atoms with Crippen molar-refractivity contribution in [1.29, 1.82) is 0 Å². The standard InChI is InChI=1S/C26H33N3O3/c1-19-14-16-29(17-15-19)26(31)21-7-10-23(11-8-21)32-25-13-9-22(18-27-25)28-24(30)12-6-20-4-2-3-5-20/h7-11,13,18-20H,2-6,12,14-17H2,1H3,(H,28,30). The molecule has 0 atom stereocenters. The van der Waals surface area contributed by atoms with Gasteiger partial charge in [-0.2, -0.15) is 0 Å². The van der Waals surface area contributed by atoms with Gasteiger partial charge in [0.2, 0.25) is 11.8 Å². The zero-order chi connectivity index (χ0) is 22.3. The Balaban J connectivity index is 1.25. The van der Waals surface area contributed by atoms with Crippen LogP contribution in [-0.2, 0) is 4.79 Å². The molecule has 2 aliphatic rings. The summed E-state index contributed by atoms with van der Waals surface area (Å²) < 4.78 is 5.80. The maximum absolute atomic E-state index is 12.7. The second kappa shape index (κ2) is 10.6. The quantitative estimate of drug-likeness (QED) is 0.610. The summed E-state index contributed by atoms with van der Waals surface area (Å²) in [7, 11) is 0. The molecule has 1 aliphatic heterocycles. The molecule has 1 aromatic heterocycles. The third-order valence-corrected chi connectivity index (χ3v) is 6.67. The Labute approximate surface area is 190 Å². The lowest BCUT2D eigenvalue weighted by atomic mass is 9.98. The molecule has 6 nitrogen and oxygen atoms in total. The number of piperidine rings is 1. The summed E-state index contributed by atoms with van der Waals surface area (Å²) in [5.41, 5.74) is 1.35. The lowest BCUT2D eigenvalue weighted by Gasteiger charge is -2.30. The third-order valence-electron chi connectivity index (χ3n) is 6.67. The van der Waals surface area contributed by atoms with Gasteiger partial charge < -0.3 is 15.0 Å². The fourth-order valence-electron chi connectivity index (χ4n) is 4.55. The fraction of sp³-hybridized carbons (Fsp3) is 0.500. The first-order valence-electron chi connectivity index (χ1n) is 11.9. The molecular weight excluding hydrogens is 402 g/mol. The van der Waals surface area contributed by atoms with Crippen molar-refractivity contribution in [2.45, 2.75) is 58.3 Å². The van der Waals surface area contributed by atoms with Crippen LogP contribution in [0.15, 0.2) is 42.6 Å². The van der Waals surface area contributed by atoms with Crippen LogP contribution in [0.2, 0.25) is 0 Å². The highest BCUT2D eigenvalue weighted by molar-refractivity contribution is 5.94. The van der Waals surface area contributed by atoms with Gasteiger partial charge in [-0.3, -0.25) is 9.59 Å². The minimum atomic E-state index is 0.0378. The Bertz CT molecular complexity index is 897. The number of nitrogens with zero attached hydrogens (tertiary/aromatic N) is 2. The first-order valence-corrected chi connectivity index (χ1v) is 11.9. The summed E-state index contributed by atoms with van der Waals surface area (Å²) in [6.07, 6.45) is 10.4. The average molecular weight is 436 g/mol. The molecule has 1 N–H and O–H groups in total. The number of amides is 2. The lowest BCUT2D eigenvalue weighted by Crippen LogP contribution is -2.37. The Hall–Kier alpha value is -2.89. The van der Waals surface area contributed by atoms with E-state index < -0.39 is 0 Å². The van der Waals surface area contributed by atoms with E-state index in [1.54, 1.807) is 42.6 Å². The summed E-state index contributed by atoms with van der Waals surface area (Å²) in [6.45, 7) is 3.89. The number of carbonyl (C=O) groups excluding carboxylic acids is 2. The molecule has 2 amide bonds. The highest BCUT2D eigenvalue weighted by atomic mass is 16.5. The van der Waals surface area contributed by atoms with Gasteiger partial charge in [-0.25, -0.2) is 4.98 Å². The predicted molar refractivity (Wildman–Crippen MR) is 125 cm³/mol. The number of anilines is 1. The minimum Gasteiger partial charge on any atom is -0.439 e. The van der Waals surface area contributed by atoms with E-state index in [0.29, 0.717) is 41.1 Å². The van der Waals surface area contributed by atoms with Crippen LogP contribution in [0.1, 0.15) is 68.6 Å². The summed E-state index contributed by atoms with van der Waals surface area (Å²) >= 11 is 0. The summed E-state index contributed by atoms with van der Waals surface area (Å²) in [4.78, 5) is 31.0. The fourth-order valence-corrected chi connectivity index (χ4v) is 4.55. The molecule has 1 saturated carbocycles. The van der Waals surface area contributed by atoms with E-state index in [-0.39, 0.29) is 11.8 Å². The van der Waals surface area contributed by atoms with Crippen LogP contribution in [0.3, 0.4) is 0 Å². The van der Waals surface area contributed by atoms with Crippen molar-refractivity contribution < 1.29 is 14.3 Å². The molecule has 4 rings (SSSR count). The van der Waals surface area contributed by atoms with Gasteiger partial charge in [0, 0.05) is 31.1 Å². The van der Waals surface area contributed by atoms with Gasteiger partial charge in [0.25, 0.3) is 5.91 Å². The van der Waals surface area contributed by atoms with Gasteiger partial charge in [0.1, 0.15) is 5.75 Å². The molecule has 1 aromatic carbocycles. The molecule has 170 valence electrons. The molecule has 0 bridgehead atoms. The van der Waals surface area contributed by atoms with E-state index in [4.69, 9.17) is 4.74 Å². The molecule has 2 aromatic rings. The predicted octanol–water partition coefficient (Wildman–Crippen LogP) is 5.65. The molecular formula is C26H33N3O3. The van der Waals surface area contributed by atoms with E-state index in [1.807, 2.05) is 4.90 Å². The lowest BCUT2D eigenvalue weighted by molar-refractivity contribution is -0.116. The smallest absolute Gasteiger partial charge is 0.253 e. The number of aromatic nitrogens is 1. The monoisotopic (exact) mass is 435 g/mol. The zero-order valence-corrected chi connectivity index (χ0v) is 18.9. The van der Waals surface area contributed by atoms with Crippen molar-refractivity contribution in [1.82, 2.24) is 9.88 Å². The summed E-state index contributed by atoms with van der Waals surface area (Å²) in [5, 5.41) is 2.91. The SMILES string of the molecule is CC1CCN(C(=O)c2ccc(Oc3ccc(NC(=O)CCC4CCCC4)cn3)cc2)CC1. The molecule has 0 radical (unpaired) electrons. The number of nitrogens with one attached hydrogen (secondary N) is 1. The van der Waals surface area contributed by atoms with Crippen LogP contribution in [0.4, 0.5) is 5.69 Å². The molecule has 1 aliphatic carbocycles. The van der Waals surface area contributed by atoms with E-state index >= 15 is 0 Å². The molecule has 32 heavy (non-hydrogen) atoms. The van der Waals surface area contributed by atoms with Crippen LogP contribution >= 0.6 is 0 Å². The van der Waals surface area contributed by atoms with Crippen molar-refractivity contribution in [2.24, 2.45) is 11.8 Å². The van der Waals surface area contributed by atoms with E-state index in [9.17, 15) is 9.59 Å². The largest absolute Gasteiger partial charge is 0.439 e. The molecule has 0 spiro atoms. The maximum Gasteiger partial charge on any atom is 0.253 e. The van der Waals surface area contributed by atoms with Crippen LogP contribution in [0.25, 0.3) is 0 Å². The van der Waals surface area contributed by atoms with Crippen LogP contribution in [-0.4, -0.2) is 34.8 Å². The Morgan fingerprint density at radius 3 is 2.41 bits per heavy atom. The number of carbonyl (C=O) groups is 2. The van der Waals surface area contributed by atoms with Crippen molar-refractivity contribution in [2.75, 3.05) is 18.4 Å². The Morgan fingerprint density at radius 1 is 1.03 bits per heavy atom. The molecule has 1 saturated heterocycles. The number of benzene rings is 1. The van der Waals surface area contributed by atoms with Gasteiger partial charge in [0.15, 0.2) is 0 Å². The average Bonchev–Trinajstić information content (AvgIpc) is 3.33. The topological polar surface area (TPSA) is 71.5 Å². The van der Waals surface area contributed by atoms with Crippen molar-refractivity contribution >= 4 is 17.5 Å². The number of likely N-dealkylation sites (tertiary alicyclic amines) is 1. The van der Waals surface area contributed by atoms with Crippen molar-refractivity contribution in [3.63, 3.8) is 0 Å². The normalized spacial score (nSPS) is 17.3. The van der Waals surface area contributed by atoms with Gasteiger partial charge in [-0.1, -0.05) is 32.6 Å².